The molecule has 0 spiro atoms. The molecule has 3 rings (SSSR count). The summed E-state index contributed by atoms with van der Waals surface area (Å²) in [6, 6.07) is 0.942. The Kier molecular flexibility index (Phi) is 5.73. The van der Waals surface area contributed by atoms with Crippen LogP contribution >= 0.6 is 11.3 Å². The Bertz CT molecular complexity index is 882. The molecule has 1 aliphatic heterocycles. The Morgan fingerprint density at radius 2 is 2.07 bits per heavy atom. The van der Waals surface area contributed by atoms with Crippen molar-refractivity contribution in [2.75, 3.05) is 13.1 Å². The van der Waals surface area contributed by atoms with Gasteiger partial charge in [0.15, 0.2) is 5.69 Å². The minimum atomic E-state index is -4.52. The van der Waals surface area contributed by atoms with Crippen LogP contribution in [0.2, 0.25) is 0 Å². The number of aryl methyl sites for hydroxylation is 2. The Labute approximate surface area is 163 Å². The number of nitrogens with zero attached hydrogens (tertiary/aromatic N) is 5. The van der Waals surface area contributed by atoms with Gasteiger partial charge in [-0.25, -0.2) is 4.98 Å². The van der Waals surface area contributed by atoms with Gasteiger partial charge in [-0.2, -0.15) is 18.3 Å². The summed E-state index contributed by atoms with van der Waals surface area (Å²) < 4.78 is 39.4. The van der Waals surface area contributed by atoms with Gasteiger partial charge in [0, 0.05) is 29.6 Å². The molecule has 0 atom stereocenters. The first-order valence-electron chi connectivity index (χ1n) is 8.73. The van der Waals surface area contributed by atoms with Crippen LogP contribution in [0.4, 0.5) is 13.2 Å². The third kappa shape index (κ3) is 4.34. The minimum absolute atomic E-state index is 0.205. The molecule has 2 aromatic heterocycles. The highest BCUT2D eigenvalue weighted by molar-refractivity contribution is 7.11. The number of hydrogen-bond acceptors (Lipinski definition) is 6. The lowest BCUT2D eigenvalue weighted by molar-refractivity contribution is -0.142. The maximum atomic E-state index is 12.8. The Morgan fingerprint density at radius 1 is 1.39 bits per heavy atom. The van der Waals surface area contributed by atoms with Crippen molar-refractivity contribution >= 4 is 23.5 Å². The Balaban J connectivity index is 1.60. The number of oxime groups is 1. The van der Waals surface area contributed by atoms with Gasteiger partial charge in [-0.3, -0.25) is 9.48 Å². The quantitative estimate of drug-likeness (QED) is 0.472. The Morgan fingerprint density at radius 3 is 2.64 bits per heavy atom. The van der Waals surface area contributed by atoms with Crippen molar-refractivity contribution in [3.63, 3.8) is 0 Å². The first kappa shape index (κ1) is 20.3. The summed E-state index contributed by atoms with van der Waals surface area (Å²) >= 11 is 1.54. The van der Waals surface area contributed by atoms with Gasteiger partial charge in [-0.15, -0.1) is 11.3 Å². The molecule has 1 aliphatic rings. The average molecular weight is 415 g/mol. The van der Waals surface area contributed by atoms with Gasteiger partial charge in [0.1, 0.15) is 6.54 Å². The number of likely N-dealkylation sites (tertiary alicyclic amines) is 1. The van der Waals surface area contributed by atoms with Crippen LogP contribution in [0.3, 0.4) is 0 Å². The molecular formula is C17H20F3N5O2S. The lowest BCUT2D eigenvalue weighted by Gasteiger charge is -2.31. The second-order valence-corrected chi connectivity index (χ2v) is 7.95. The standard InChI is InChI=1S/C17H20F3N5O2S/c1-10-7-14(17(18,19)20)23-25(10)9-15(26)24-5-3-12(4-6-24)16-22-13(8-21-27)11(2)28-16/h7-8,12,27H,3-6,9H2,1-2H3/b21-8+. The van der Waals surface area contributed by atoms with Crippen LogP contribution in [0.1, 0.15) is 45.7 Å². The van der Waals surface area contributed by atoms with Crippen LogP contribution in [0.15, 0.2) is 11.2 Å². The Hall–Kier alpha value is -2.43. The van der Waals surface area contributed by atoms with Crippen molar-refractivity contribution in [1.82, 2.24) is 19.7 Å². The van der Waals surface area contributed by atoms with E-state index in [0.717, 1.165) is 33.5 Å². The number of amides is 1. The second-order valence-electron chi connectivity index (χ2n) is 6.72. The van der Waals surface area contributed by atoms with Crippen LogP contribution in [0.25, 0.3) is 0 Å². The largest absolute Gasteiger partial charge is 0.435 e. The van der Waals surface area contributed by atoms with Crippen molar-refractivity contribution in [1.29, 1.82) is 0 Å². The van der Waals surface area contributed by atoms with Crippen LogP contribution in [-0.2, 0) is 17.5 Å². The molecule has 152 valence electrons. The molecule has 0 bridgehead atoms. The van der Waals surface area contributed by atoms with Crippen LogP contribution < -0.4 is 0 Å². The predicted octanol–water partition coefficient (Wildman–Crippen LogP) is 3.19. The van der Waals surface area contributed by atoms with Gasteiger partial charge in [0.05, 0.1) is 16.9 Å². The fourth-order valence-corrected chi connectivity index (χ4v) is 4.25. The summed E-state index contributed by atoms with van der Waals surface area (Å²) in [4.78, 5) is 19.6. The van der Waals surface area contributed by atoms with E-state index in [4.69, 9.17) is 5.21 Å². The second kappa shape index (κ2) is 7.90. The highest BCUT2D eigenvalue weighted by atomic mass is 32.1. The van der Waals surface area contributed by atoms with E-state index in [1.54, 1.807) is 16.2 Å². The number of piperidine rings is 1. The molecule has 11 heteroatoms. The number of rotatable bonds is 4. The maximum absolute atomic E-state index is 12.8. The molecule has 28 heavy (non-hydrogen) atoms. The zero-order valence-corrected chi connectivity index (χ0v) is 16.2. The number of hydrogen-bond donors (Lipinski definition) is 1. The topological polar surface area (TPSA) is 83.6 Å². The summed E-state index contributed by atoms with van der Waals surface area (Å²) in [5, 5.41) is 16.1. The summed E-state index contributed by atoms with van der Waals surface area (Å²) in [5.74, 6) is -0.0429. The molecular weight excluding hydrogens is 395 g/mol. The molecule has 1 fully saturated rings. The SMILES string of the molecule is Cc1sc(C2CCN(C(=O)Cn3nc(C(F)(F)F)cc3C)CC2)nc1/C=N/O. The maximum Gasteiger partial charge on any atom is 0.435 e. The fraction of sp³-hybridized carbons (Fsp3) is 0.529. The number of alkyl halides is 3. The fourth-order valence-electron chi connectivity index (χ4n) is 3.19. The number of carbonyl (C=O) groups excluding carboxylic acids is 1. The molecule has 0 saturated carbocycles. The van der Waals surface area contributed by atoms with Gasteiger partial charge >= 0.3 is 6.18 Å². The molecule has 0 radical (unpaired) electrons. The molecule has 3 heterocycles. The van der Waals surface area contributed by atoms with E-state index in [2.05, 4.69) is 15.2 Å². The molecule has 1 amide bonds. The van der Waals surface area contributed by atoms with Gasteiger partial charge < -0.3 is 10.1 Å². The summed E-state index contributed by atoms with van der Waals surface area (Å²) in [5.41, 5.74) is -0.0552. The van der Waals surface area contributed by atoms with Gasteiger partial charge in [-0.05, 0) is 32.8 Å². The normalized spacial score (nSPS) is 16.2. The number of carbonyl (C=O) groups is 1. The number of halogens is 3. The zero-order chi connectivity index (χ0) is 20.5. The highest BCUT2D eigenvalue weighted by Gasteiger charge is 2.35. The molecule has 7 nitrogen and oxygen atoms in total. The van der Waals surface area contributed by atoms with E-state index in [0.29, 0.717) is 24.5 Å². The summed E-state index contributed by atoms with van der Waals surface area (Å²) in [6.45, 7) is 4.22. The molecule has 1 N–H and O–H groups in total. The average Bonchev–Trinajstić information content (AvgIpc) is 3.19. The van der Waals surface area contributed by atoms with Gasteiger partial charge in [0.2, 0.25) is 5.91 Å². The molecule has 1 saturated heterocycles. The summed E-state index contributed by atoms with van der Waals surface area (Å²) in [7, 11) is 0. The van der Waals surface area contributed by atoms with E-state index < -0.39 is 11.9 Å². The molecule has 2 aromatic rings. The first-order valence-corrected chi connectivity index (χ1v) is 9.55. The van der Waals surface area contributed by atoms with Crippen LogP contribution in [0, 0.1) is 13.8 Å². The molecule has 0 unspecified atom stereocenters. The van der Waals surface area contributed by atoms with Gasteiger partial charge in [0.25, 0.3) is 0 Å². The van der Waals surface area contributed by atoms with E-state index in [9.17, 15) is 18.0 Å². The van der Waals surface area contributed by atoms with Crippen molar-refractivity contribution < 1.29 is 23.2 Å². The van der Waals surface area contributed by atoms with Crippen molar-refractivity contribution in [3.05, 3.63) is 33.0 Å². The third-order valence-electron chi connectivity index (χ3n) is 4.78. The van der Waals surface area contributed by atoms with Crippen LogP contribution in [-0.4, -0.2) is 50.1 Å². The van der Waals surface area contributed by atoms with Gasteiger partial charge in [-0.1, -0.05) is 5.16 Å². The lowest BCUT2D eigenvalue weighted by atomic mass is 9.97. The van der Waals surface area contributed by atoms with Crippen LogP contribution in [0.5, 0.6) is 0 Å². The first-order chi connectivity index (χ1) is 13.2. The lowest BCUT2D eigenvalue weighted by Crippen LogP contribution is -2.40. The zero-order valence-electron chi connectivity index (χ0n) is 15.4. The third-order valence-corrected chi connectivity index (χ3v) is 5.93. The number of aromatic nitrogens is 3. The minimum Gasteiger partial charge on any atom is -0.411 e. The monoisotopic (exact) mass is 415 g/mol. The van der Waals surface area contributed by atoms with E-state index >= 15 is 0 Å². The van der Waals surface area contributed by atoms with E-state index in [1.807, 2.05) is 6.92 Å². The van der Waals surface area contributed by atoms with E-state index in [-0.39, 0.29) is 18.4 Å². The molecule has 0 aromatic carbocycles. The number of thiazole rings is 1. The predicted molar refractivity (Wildman–Crippen MR) is 96.8 cm³/mol. The summed E-state index contributed by atoms with van der Waals surface area (Å²) in [6.07, 6.45) is -1.78. The van der Waals surface area contributed by atoms with Crippen molar-refractivity contribution in [2.45, 2.75) is 45.3 Å². The van der Waals surface area contributed by atoms with Crippen molar-refractivity contribution in [3.8, 4) is 0 Å². The van der Waals surface area contributed by atoms with Crippen molar-refractivity contribution in [2.24, 2.45) is 5.16 Å². The molecule has 0 aliphatic carbocycles. The smallest absolute Gasteiger partial charge is 0.411 e. The van der Waals surface area contributed by atoms with E-state index in [1.165, 1.54) is 13.1 Å². The highest BCUT2D eigenvalue weighted by Crippen LogP contribution is 2.32.